The predicted octanol–water partition coefficient (Wildman–Crippen LogP) is 5.09. The zero-order chi connectivity index (χ0) is 31.7. The number of hydrogen-bond acceptors (Lipinski definition) is 9. The van der Waals surface area contributed by atoms with Gasteiger partial charge in [-0.3, -0.25) is 20.5 Å². The van der Waals surface area contributed by atoms with E-state index in [2.05, 4.69) is 20.8 Å². The first kappa shape index (κ1) is 31.3. The molecule has 1 aromatic carbocycles. The van der Waals surface area contributed by atoms with Gasteiger partial charge in [0, 0.05) is 25.6 Å². The van der Waals surface area contributed by atoms with Crippen LogP contribution in [0.15, 0.2) is 45.9 Å². The molecule has 1 saturated carbocycles. The van der Waals surface area contributed by atoms with Gasteiger partial charge >= 0.3 is 18.2 Å². The summed E-state index contributed by atoms with van der Waals surface area (Å²) in [5.41, 5.74) is 0.232. The Hall–Kier alpha value is -4.13. The fourth-order valence-electron chi connectivity index (χ4n) is 5.55. The molecule has 4 amide bonds. The Morgan fingerprint density at radius 3 is 2.27 bits per heavy atom. The molecule has 2 saturated heterocycles. The highest BCUT2D eigenvalue weighted by atomic mass is 16.7. The third-order valence-electron chi connectivity index (χ3n) is 7.66. The van der Waals surface area contributed by atoms with Crippen molar-refractivity contribution in [2.45, 2.75) is 97.1 Å². The number of guanidine groups is 1. The first-order valence-electron chi connectivity index (χ1n) is 15.0. The van der Waals surface area contributed by atoms with E-state index in [0.717, 1.165) is 24.8 Å². The Kier molecular flexibility index (Phi) is 8.61. The van der Waals surface area contributed by atoms with Crippen LogP contribution in [0.5, 0.6) is 0 Å². The normalized spacial score (nSPS) is 20.4. The molecule has 3 aliphatic rings. The highest BCUT2D eigenvalue weighted by molar-refractivity contribution is 6.01. The van der Waals surface area contributed by atoms with Gasteiger partial charge in [0.1, 0.15) is 29.3 Å². The Labute approximate surface area is 257 Å². The van der Waals surface area contributed by atoms with Crippen LogP contribution in [0.2, 0.25) is 0 Å². The zero-order valence-corrected chi connectivity index (χ0v) is 26.2. The standard InChI is InChI=1S/C31H42N6O7/c1-29(2,3)42-26(38)33-25(34-27(39)43-30(4,5)6)32-15-12-21-16-22(35-44-21)23-17-31(13-14-31)24-18-36(23)28(40)37(24)41-19-20-10-8-7-9-11-20/h7-11,16,23-24H,12-15,17-19H2,1-6H3,(H2,32,33,34,38,39)/t23-,24+/m0/s1. The number of carbonyl (C=O) groups is 3. The number of carbonyl (C=O) groups excluding carboxylic acids is 3. The maximum absolute atomic E-state index is 13.5. The van der Waals surface area contributed by atoms with Gasteiger partial charge in [-0.2, -0.15) is 5.06 Å². The Morgan fingerprint density at radius 1 is 1.05 bits per heavy atom. The van der Waals surface area contributed by atoms with Crippen molar-refractivity contribution in [1.82, 2.24) is 25.8 Å². The average molecular weight is 611 g/mol. The number of aliphatic imine (C=N–C) groups is 1. The van der Waals surface area contributed by atoms with Gasteiger partial charge in [0.15, 0.2) is 0 Å². The quantitative estimate of drug-likeness (QED) is 0.326. The van der Waals surface area contributed by atoms with Crippen molar-refractivity contribution in [1.29, 1.82) is 0 Å². The maximum atomic E-state index is 13.5. The van der Waals surface area contributed by atoms with Crippen LogP contribution in [0, 0.1) is 5.41 Å². The smallest absolute Gasteiger partial charge is 0.414 e. The predicted molar refractivity (Wildman–Crippen MR) is 159 cm³/mol. The molecule has 2 aromatic rings. The second-order valence-electron chi connectivity index (χ2n) is 13.6. The summed E-state index contributed by atoms with van der Waals surface area (Å²) >= 11 is 0. The van der Waals surface area contributed by atoms with Gasteiger partial charge in [0.2, 0.25) is 5.96 Å². The minimum absolute atomic E-state index is 0.0169. The van der Waals surface area contributed by atoms with E-state index in [-0.39, 0.29) is 36.0 Å². The van der Waals surface area contributed by atoms with E-state index in [0.29, 0.717) is 31.0 Å². The number of hydroxylamine groups is 2. The summed E-state index contributed by atoms with van der Waals surface area (Å²) < 4.78 is 16.2. The molecule has 0 radical (unpaired) electrons. The molecule has 3 fully saturated rings. The summed E-state index contributed by atoms with van der Waals surface area (Å²) in [7, 11) is 0. The van der Waals surface area contributed by atoms with Gasteiger partial charge in [-0.1, -0.05) is 35.5 Å². The second-order valence-corrected chi connectivity index (χ2v) is 13.6. The van der Waals surface area contributed by atoms with Gasteiger partial charge in [-0.05, 0) is 71.8 Å². The number of rotatable bonds is 7. The number of nitrogens with one attached hydrogen (secondary N) is 2. The molecule has 13 heteroatoms. The number of ether oxygens (including phenoxy) is 2. The Bertz CT molecular complexity index is 1360. The van der Waals surface area contributed by atoms with E-state index in [4.69, 9.17) is 18.8 Å². The fourth-order valence-corrected chi connectivity index (χ4v) is 5.55. The molecule has 13 nitrogen and oxygen atoms in total. The molecular formula is C31H42N6O7. The third kappa shape index (κ3) is 7.68. The number of fused-ring (bicyclic) bond motifs is 3. The lowest BCUT2D eigenvalue weighted by molar-refractivity contribution is -0.153. The van der Waals surface area contributed by atoms with Crippen LogP contribution < -0.4 is 10.6 Å². The van der Waals surface area contributed by atoms with Gasteiger partial charge in [0.25, 0.3) is 0 Å². The summed E-state index contributed by atoms with van der Waals surface area (Å²) in [6.07, 6.45) is 1.67. The summed E-state index contributed by atoms with van der Waals surface area (Å²) in [6.45, 7) is 11.5. The van der Waals surface area contributed by atoms with Crippen LogP contribution in [0.1, 0.15) is 83.9 Å². The summed E-state index contributed by atoms with van der Waals surface area (Å²) in [5, 5.41) is 10.8. The fraction of sp³-hybridized carbons (Fsp3) is 0.581. The third-order valence-corrected chi connectivity index (χ3v) is 7.66. The number of hydrogen-bond donors (Lipinski definition) is 2. The zero-order valence-electron chi connectivity index (χ0n) is 26.2. The molecule has 2 aliphatic heterocycles. The summed E-state index contributed by atoms with van der Waals surface area (Å²) in [4.78, 5) is 50.4. The van der Waals surface area contributed by atoms with Gasteiger partial charge in [0.05, 0.1) is 12.1 Å². The van der Waals surface area contributed by atoms with Gasteiger partial charge in [-0.15, -0.1) is 0 Å². The number of urea groups is 1. The van der Waals surface area contributed by atoms with Crippen LogP contribution in [0.25, 0.3) is 0 Å². The lowest BCUT2D eigenvalue weighted by Crippen LogP contribution is -2.47. The molecule has 5 rings (SSSR count). The van der Waals surface area contributed by atoms with Gasteiger partial charge < -0.3 is 18.9 Å². The highest BCUT2D eigenvalue weighted by Crippen LogP contribution is 2.61. The molecular weight excluding hydrogens is 568 g/mol. The lowest BCUT2D eigenvalue weighted by Gasteiger charge is -2.35. The van der Waals surface area contributed by atoms with E-state index in [9.17, 15) is 14.4 Å². The first-order chi connectivity index (χ1) is 20.7. The molecule has 1 spiro atoms. The second kappa shape index (κ2) is 12.1. The minimum atomic E-state index is -0.768. The highest BCUT2D eigenvalue weighted by Gasteiger charge is 2.63. The van der Waals surface area contributed by atoms with Crippen LogP contribution in [0.4, 0.5) is 14.4 Å². The molecule has 1 aromatic heterocycles. The largest absolute Gasteiger partial charge is 0.444 e. The van der Waals surface area contributed by atoms with Crippen LogP contribution in [0.3, 0.4) is 0 Å². The molecule has 2 N–H and O–H groups in total. The van der Waals surface area contributed by atoms with E-state index in [1.54, 1.807) is 46.6 Å². The summed E-state index contributed by atoms with van der Waals surface area (Å²) in [6, 6.07) is 11.3. The van der Waals surface area contributed by atoms with Crippen LogP contribution in [-0.2, 0) is 27.3 Å². The van der Waals surface area contributed by atoms with E-state index in [1.165, 1.54) is 0 Å². The SMILES string of the molecule is CC(C)(C)OC(=O)NC(=NCCc1cc([C@@H]2CC3(CC3)[C@H]3CN2C(=O)N3OCc2ccccc2)no1)NC(=O)OC(C)(C)C. The lowest BCUT2D eigenvalue weighted by atomic mass is 9.84. The molecule has 2 bridgehead atoms. The van der Waals surface area contributed by atoms with Crippen molar-refractivity contribution in [3.8, 4) is 0 Å². The molecule has 1 aliphatic carbocycles. The van der Waals surface area contributed by atoms with E-state index < -0.39 is 23.4 Å². The first-order valence-corrected chi connectivity index (χ1v) is 15.0. The van der Waals surface area contributed by atoms with Crippen molar-refractivity contribution in [2.24, 2.45) is 10.4 Å². The number of alkyl carbamates (subject to hydrolysis) is 2. The molecule has 2 atom stereocenters. The van der Waals surface area contributed by atoms with E-state index in [1.807, 2.05) is 41.3 Å². The average Bonchev–Trinajstić information content (AvgIpc) is 3.40. The topological polar surface area (TPSA) is 148 Å². The Morgan fingerprint density at radius 2 is 1.68 bits per heavy atom. The minimum Gasteiger partial charge on any atom is -0.444 e. The van der Waals surface area contributed by atoms with Crippen molar-refractivity contribution >= 4 is 24.2 Å². The monoisotopic (exact) mass is 610 g/mol. The number of nitrogens with zero attached hydrogens (tertiary/aromatic N) is 4. The molecule has 238 valence electrons. The maximum Gasteiger partial charge on any atom is 0.414 e. The van der Waals surface area contributed by atoms with Crippen molar-refractivity contribution in [2.75, 3.05) is 13.1 Å². The number of piperidine rings is 1. The number of amides is 4. The number of aromatic nitrogens is 1. The molecule has 0 unspecified atom stereocenters. The molecule has 44 heavy (non-hydrogen) atoms. The van der Waals surface area contributed by atoms with Crippen LogP contribution in [-0.4, -0.2) is 69.6 Å². The van der Waals surface area contributed by atoms with Crippen molar-refractivity contribution in [3.05, 3.63) is 53.4 Å². The number of benzene rings is 1. The van der Waals surface area contributed by atoms with E-state index >= 15 is 0 Å². The van der Waals surface area contributed by atoms with Crippen LogP contribution >= 0.6 is 0 Å². The van der Waals surface area contributed by atoms with Gasteiger partial charge in [-0.25, -0.2) is 14.4 Å². The van der Waals surface area contributed by atoms with Crippen molar-refractivity contribution < 1.29 is 33.2 Å². The molecule has 3 heterocycles. The summed E-state index contributed by atoms with van der Waals surface area (Å²) in [5.74, 6) is 0.453. The van der Waals surface area contributed by atoms with Crippen molar-refractivity contribution in [3.63, 3.8) is 0 Å². The Balaban J connectivity index is 1.23.